The van der Waals surface area contributed by atoms with Gasteiger partial charge < -0.3 is 10.1 Å². The van der Waals surface area contributed by atoms with E-state index in [9.17, 15) is 9.18 Å². The second-order valence-electron chi connectivity index (χ2n) is 3.55. The van der Waals surface area contributed by atoms with Crippen molar-refractivity contribution in [1.29, 1.82) is 0 Å². The third kappa shape index (κ3) is 4.78. The Balaban J connectivity index is 2.30. The predicted octanol–water partition coefficient (Wildman–Crippen LogP) is 2.03. The molecule has 0 aromatic heterocycles. The Bertz CT molecular complexity index is 387. The minimum atomic E-state index is -0.390. The molecular weight excluding hydrogens is 221 g/mol. The zero-order valence-electron chi connectivity index (χ0n) is 9.83. The van der Waals surface area contributed by atoms with Gasteiger partial charge in [0.1, 0.15) is 5.82 Å². The molecule has 1 aromatic rings. The van der Waals surface area contributed by atoms with E-state index < -0.39 is 0 Å². The first kappa shape index (κ1) is 13.4. The summed E-state index contributed by atoms with van der Waals surface area (Å²) in [5.41, 5.74) is 1.33. The number of esters is 1. The van der Waals surface area contributed by atoms with E-state index in [0.29, 0.717) is 25.3 Å². The number of rotatable bonds is 6. The highest BCUT2D eigenvalue weighted by Gasteiger charge is 2.06. The summed E-state index contributed by atoms with van der Waals surface area (Å²) in [5, 5.41) is 3.04. The van der Waals surface area contributed by atoms with Crippen LogP contribution in [-0.4, -0.2) is 19.1 Å². The predicted molar refractivity (Wildman–Crippen MR) is 63.9 cm³/mol. The van der Waals surface area contributed by atoms with Crippen molar-refractivity contribution in [3.63, 3.8) is 0 Å². The molecule has 0 aliphatic carbocycles. The lowest BCUT2D eigenvalue weighted by Crippen LogP contribution is -2.21. The molecule has 0 saturated carbocycles. The van der Waals surface area contributed by atoms with Crippen LogP contribution in [0.1, 0.15) is 12.5 Å². The van der Waals surface area contributed by atoms with Crippen molar-refractivity contribution >= 4 is 5.97 Å². The van der Waals surface area contributed by atoms with Crippen LogP contribution in [0.2, 0.25) is 0 Å². The van der Waals surface area contributed by atoms with E-state index in [0.717, 1.165) is 5.56 Å². The zero-order valence-corrected chi connectivity index (χ0v) is 9.83. The molecule has 3 nitrogen and oxygen atoms in total. The molecule has 0 unspecified atom stereocenters. The average molecular weight is 237 g/mol. The minimum Gasteiger partial charge on any atom is -0.463 e. The van der Waals surface area contributed by atoms with Crippen molar-refractivity contribution in [1.82, 2.24) is 5.32 Å². The van der Waals surface area contributed by atoms with Crippen LogP contribution in [0.5, 0.6) is 0 Å². The van der Waals surface area contributed by atoms with Gasteiger partial charge in [0, 0.05) is 18.7 Å². The number of halogens is 1. The van der Waals surface area contributed by atoms with Gasteiger partial charge in [-0.2, -0.15) is 0 Å². The lowest BCUT2D eigenvalue weighted by molar-refractivity contribution is -0.138. The summed E-state index contributed by atoms with van der Waals surface area (Å²) in [6.07, 6.45) is 0. The van der Waals surface area contributed by atoms with Crippen LogP contribution < -0.4 is 5.32 Å². The van der Waals surface area contributed by atoms with Crippen LogP contribution >= 0.6 is 0 Å². The molecule has 4 heteroatoms. The summed E-state index contributed by atoms with van der Waals surface area (Å²) in [6.45, 7) is 6.62. The first-order chi connectivity index (χ1) is 8.13. The van der Waals surface area contributed by atoms with Crippen molar-refractivity contribution in [3.05, 3.63) is 47.8 Å². The number of hydrogen-bond donors (Lipinski definition) is 1. The van der Waals surface area contributed by atoms with E-state index in [-0.39, 0.29) is 11.8 Å². The summed E-state index contributed by atoms with van der Waals surface area (Å²) in [6, 6.07) is 6.18. The first-order valence-electron chi connectivity index (χ1n) is 5.43. The van der Waals surface area contributed by atoms with E-state index >= 15 is 0 Å². The van der Waals surface area contributed by atoms with Crippen molar-refractivity contribution in [2.45, 2.75) is 13.5 Å². The number of nitrogens with one attached hydrogen (secondary N) is 1. The summed E-state index contributed by atoms with van der Waals surface area (Å²) >= 11 is 0. The average Bonchev–Trinajstić information content (AvgIpc) is 2.32. The smallest absolute Gasteiger partial charge is 0.334 e. The lowest BCUT2D eigenvalue weighted by Gasteiger charge is -2.07. The van der Waals surface area contributed by atoms with E-state index in [2.05, 4.69) is 11.9 Å². The van der Waals surface area contributed by atoms with Crippen molar-refractivity contribution in [2.75, 3.05) is 13.2 Å². The summed E-state index contributed by atoms with van der Waals surface area (Å²) < 4.78 is 17.4. The molecule has 0 fully saturated rings. The molecule has 0 spiro atoms. The van der Waals surface area contributed by atoms with Gasteiger partial charge in [0.05, 0.1) is 6.61 Å². The number of carbonyl (C=O) groups is 1. The highest BCUT2D eigenvalue weighted by atomic mass is 19.1. The molecule has 0 saturated heterocycles. The third-order valence-corrected chi connectivity index (χ3v) is 2.14. The maximum Gasteiger partial charge on any atom is 0.334 e. The van der Waals surface area contributed by atoms with Crippen LogP contribution in [-0.2, 0) is 16.1 Å². The SMILES string of the molecule is C=C(CNCc1ccc(F)cc1)C(=O)OCC. The Labute approximate surface area is 100 Å². The zero-order chi connectivity index (χ0) is 12.7. The number of hydrogen-bond acceptors (Lipinski definition) is 3. The monoisotopic (exact) mass is 237 g/mol. The molecule has 0 heterocycles. The maximum atomic E-state index is 12.6. The summed E-state index contributed by atoms with van der Waals surface area (Å²) in [7, 11) is 0. The molecule has 0 aliphatic heterocycles. The molecule has 0 radical (unpaired) electrons. The van der Waals surface area contributed by atoms with Gasteiger partial charge in [-0.3, -0.25) is 0 Å². The number of ether oxygens (including phenoxy) is 1. The van der Waals surface area contributed by atoms with Gasteiger partial charge >= 0.3 is 5.97 Å². The topological polar surface area (TPSA) is 38.3 Å². The van der Waals surface area contributed by atoms with Gasteiger partial charge in [0.15, 0.2) is 0 Å². The number of benzene rings is 1. The fraction of sp³-hybridized carbons (Fsp3) is 0.308. The lowest BCUT2D eigenvalue weighted by atomic mass is 10.2. The normalized spacial score (nSPS) is 10.0. The van der Waals surface area contributed by atoms with E-state index in [4.69, 9.17) is 4.74 Å². The standard InChI is InChI=1S/C13H16FNO2/c1-3-17-13(16)10(2)8-15-9-11-4-6-12(14)7-5-11/h4-7,15H,2-3,8-9H2,1H3. The van der Waals surface area contributed by atoms with Gasteiger partial charge in [-0.15, -0.1) is 0 Å². The van der Waals surface area contributed by atoms with Gasteiger partial charge in [-0.25, -0.2) is 9.18 Å². The Hall–Kier alpha value is -1.68. The van der Waals surface area contributed by atoms with E-state index in [1.807, 2.05) is 0 Å². The Morgan fingerprint density at radius 3 is 2.65 bits per heavy atom. The molecule has 0 atom stereocenters. The number of carbonyl (C=O) groups excluding carboxylic acids is 1. The van der Waals surface area contributed by atoms with E-state index in [1.54, 1.807) is 19.1 Å². The van der Waals surface area contributed by atoms with Crippen molar-refractivity contribution in [2.24, 2.45) is 0 Å². The van der Waals surface area contributed by atoms with Gasteiger partial charge in [-0.05, 0) is 24.6 Å². The first-order valence-corrected chi connectivity index (χ1v) is 5.43. The Morgan fingerprint density at radius 2 is 2.06 bits per heavy atom. The largest absolute Gasteiger partial charge is 0.463 e. The van der Waals surface area contributed by atoms with Gasteiger partial charge in [0.2, 0.25) is 0 Å². The minimum absolute atomic E-state index is 0.260. The Morgan fingerprint density at radius 1 is 1.41 bits per heavy atom. The van der Waals surface area contributed by atoms with E-state index in [1.165, 1.54) is 12.1 Å². The highest BCUT2D eigenvalue weighted by Crippen LogP contribution is 2.02. The van der Waals surface area contributed by atoms with Crippen molar-refractivity contribution < 1.29 is 13.9 Å². The fourth-order valence-electron chi connectivity index (χ4n) is 1.27. The third-order valence-electron chi connectivity index (χ3n) is 2.14. The Kier molecular flexibility index (Phi) is 5.36. The summed E-state index contributed by atoms with van der Waals surface area (Å²) in [4.78, 5) is 11.2. The fourth-order valence-corrected chi connectivity index (χ4v) is 1.27. The van der Waals surface area contributed by atoms with Crippen LogP contribution in [0.25, 0.3) is 0 Å². The molecule has 1 rings (SSSR count). The van der Waals surface area contributed by atoms with Crippen LogP contribution in [0.15, 0.2) is 36.4 Å². The van der Waals surface area contributed by atoms with Crippen LogP contribution in [0.4, 0.5) is 4.39 Å². The quantitative estimate of drug-likeness (QED) is 0.607. The molecular formula is C13H16FNO2. The van der Waals surface area contributed by atoms with Gasteiger partial charge in [-0.1, -0.05) is 18.7 Å². The maximum absolute atomic E-state index is 12.6. The second kappa shape index (κ2) is 6.81. The van der Waals surface area contributed by atoms with Gasteiger partial charge in [0.25, 0.3) is 0 Å². The molecule has 17 heavy (non-hydrogen) atoms. The van der Waals surface area contributed by atoms with Crippen LogP contribution in [0.3, 0.4) is 0 Å². The van der Waals surface area contributed by atoms with Crippen LogP contribution in [0, 0.1) is 5.82 Å². The molecule has 0 bridgehead atoms. The second-order valence-corrected chi connectivity index (χ2v) is 3.55. The molecule has 1 N–H and O–H groups in total. The molecule has 92 valence electrons. The molecule has 0 aliphatic rings. The molecule has 1 aromatic carbocycles. The molecule has 0 amide bonds. The summed E-state index contributed by atoms with van der Waals surface area (Å²) in [5.74, 6) is -0.649. The highest BCUT2D eigenvalue weighted by molar-refractivity contribution is 5.88. The van der Waals surface area contributed by atoms with Crippen molar-refractivity contribution in [3.8, 4) is 0 Å².